The molecule has 32 heavy (non-hydrogen) atoms. The van der Waals surface area contributed by atoms with Gasteiger partial charge in [0.25, 0.3) is 12.3 Å². The van der Waals surface area contributed by atoms with E-state index in [0.29, 0.717) is 27.7 Å². The first-order valence-corrected chi connectivity index (χ1v) is 10.3. The fraction of sp³-hybridized carbons (Fsp3) is 0.348. The van der Waals surface area contributed by atoms with Crippen LogP contribution in [0.4, 0.5) is 13.2 Å². The number of carbonyl (C=O) groups excluding carboxylic acids is 1. The number of hydrogen-bond donors (Lipinski definition) is 1. The van der Waals surface area contributed by atoms with Crippen LogP contribution in [0.2, 0.25) is 5.02 Å². The molecule has 3 rings (SSSR count). The highest BCUT2D eigenvalue weighted by Gasteiger charge is 2.37. The number of amides is 1. The lowest BCUT2D eigenvalue weighted by Crippen LogP contribution is -2.53. The first kappa shape index (κ1) is 23.8. The molecule has 0 radical (unpaired) electrons. The fourth-order valence-corrected chi connectivity index (χ4v) is 3.20. The van der Waals surface area contributed by atoms with Crippen LogP contribution in [0.1, 0.15) is 38.1 Å². The van der Waals surface area contributed by atoms with E-state index in [0.717, 1.165) is 6.92 Å². The quantitative estimate of drug-likeness (QED) is 0.505. The number of halogens is 4. The van der Waals surface area contributed by atoms with Crippen molar-refractivity contribution in [1.82, 2.24) is 20.1 Å². The van der Waals surface area contributed by atoms with Gasteiger partial charge in [0.05, 0.1) is 22.6 Å². The van der Waals surface area contributed by atoms with Gasteiger partial charge in [0.2, 0.25) is 0 Å². The number of alkyl halides is 3. The summed E-state index contributed by atoms with van der Waals surface area (Å²) in [7, 11) is 0. The Labute approximate surface area is 189 Å². The summed E-state index contributed by atoms with van der Waals surface area (Å²) in [6.45, 7) is 5.46. The Hall–Kier alpha value is -2.87. The van der Waals surface area contributed by atoms with Crippen molar-refractivity contribution >= 4 is 17.5 Å². The van der Waals surface area contributed by atoms with Crippen LogP contribution in [0.5, 0.6) is 0 Å². The minimum Gasteiger partial charge on any atom is -0.339 e. The van der Waals surface area contributed by atoms with Crippen LogP contribution < -0.4 is 5.32 Å². The molecule has 1 atom stereocenters. The summed E-state index contributed by atoms with van der Waals surface area (Å²) in [6.07, 6.45) is -1.45. The van der Waals surface area contributed by atoms with E-state index in [9.17, 15) is 18.0 Å². The number of nitrogens with one attached hydrogen (secondary N) is 1. The van der Waals surface area contributed by atoms with Crippen LogP contribution in [-0.4, -0.2) is 39.3 Å². The normalized spacial score (nSPS) is 13.8. The smallest absolute Gasteiger partial charge is 0.263 e. The topological polar surface area (TPSA) is 59.8 Å². The van der Waals surface area contributed by atoms with Gasteiger partial charge in [-0.05, 0) is 58.0 Å². The van der Waals surface area contributed by atoms with Gasteiger partial charge in [-0.1, -0.05) is 23.7 Å². The molecule has 3 aromatic rings. The molecule has 1 amide bonds. The number of hydrogen-bond acceptors (Lipinski definition) is 3. The van der Waals surface area contributed by atoms with Crippen LogP contribution in [0.25, 0.3) is 22.6 Å². The zero-order valence-corrected chi connectivity index (χ0v) is 18.9. The molecule has 1 aromatic carbocycles. The molecule has 9 heteroatoms. The maximum absolute atomic E-state index is 13.3. The fourth-order valence-electron chi connectivity index (χ4n) is 3.07. The average molecular weight is 465 g/mol. The molecule has 0 saturated heterocycles. The SMILES string of the molecule is CC(CF)(NC(=O)c1cc(-c2ccc(Cl)cc2)nc(-c2ccnn2C(C)(C)C)c1)C(F)F. The molecule has 0 fully saturated rings. The van der Waals surface area contributed by atoms with Gasteiger partial charge in [-0.3, -0.25) is 9.48 Å². The number of carbonyl (C=O) groups is 1. The standard InChI is InChI=1S/C23H24ClF3N4O/c1-22(2,3)31-19(9-10-28-31)18-12-15(20(32)30-23(4,13-25)21(26)27)11-17(29-18)14-5-7-16(24)8-6-14/h5-12,21H,13H2,1-4H3,(H,30,32). The lowest BCUT2D eigenvalue weighted by Gasteiger charge is -2.27. The molecule has 0 aliphatic heterocycles. The predicted octanol–water partition coefficient (Wildman–Crippen LogP) is 5.74. The highest BCUT2D eigenvalue weighted by molar-refractivity contribution is 6.30. The van der Waals surface area contributed by atoms with E-state index in [1.165, 1.54) is 12.1 Å². The molecular weight excluding hydrogens is 441 g/mol. The molecule has 0 spiro atoms. The van der Waals surface area contributed by atoms with E-state index in [-0.39, 0.29) is 11.1 Å². The van der Waals surface area contributed by atoms with Crippen LogP contribution in [-0.2, 0) is 5.54 Å². The maximum atomic E-state index is 13.3. The van der Waals surface area contributed by atoms with E-state index in [1.54, 1.807) is 41.2 Å². The summed E-state index contributed by atoms with van der Waals surface area (Å²) in [5.41, 5.74) is -0.421. The van der Waals surface area contributed by atoms with Gasteiger partial charge in [0, 0.05) is 22.3 Å². The van der Waals surface area contributed by atoms with Crippen LogP contribution in [0.3, 0.4) is 0 Å². The monoisotopic (exact) mass is 464 g/mol. The second kappa shape index (κ2) is 8.94. The van der Waals surface area contributed by atoms with E-state index < -0.39 is 24.5 Å². The van der Waals surface area contributed by atoms with Crippen molar-refractivity contribution in [3.8, 4) is 22.6 Å². The Balaban J connectivity index is 2.15. The third-order valence-electron chi connectivity index (χ3n) is 4.93. The predicted molar refractivity (Wildman–Crippen MR) is 119 cm³/mol. The molecule has 170 valence electrons. The van der Waals surface area contributed by atoms with Crippen molar-refractivity contribution in [2.75, 3.05) is 6.67 Å². The molecule has 2 heterocycles. The van der Waals surface area contributed by atoms with Gasteiger partial charge in [-0.15, -0.1) is 0 Å². The average Bonchev–Trinajstić information content (AvgIpc) is 3.24. The Morgan fingerprint density at radius 3 is 2.28 bits per heavy atom. The molecule has 1 unspecified atom stereocenters. The number of pyridine rings is 1. The van der Waals surface area contributed by atoms with Crippen molar-refractivity contribution < 1.29 is 18.0 Å². The molecule has 2 aromatic heterocycles. The van der Waals surface area contributed by atoms with Gasteiger partial charge in [0.15, 0.2) is 0 Å². The second-order valence-corrected chi connectivity index (χ2v) is 9.17. The third-order valence-corrected chi connectivity index (χ3v) is 5.18. The Kier molecular flexibility index (Phi) is 6.64. The zero-order chi connectivity index (χ0) is 23.7. The lowest BCUT2D eigenvalue weighted by molar-refractivity contribution is 0.0239. The van der Waals surface area contributed by atoms with Gasteiger partial charge < -0.3 is 5.32 Å². The largest absolute Gasteiger partial charge is 0.339 e. The van der Waals surface area contributed by atoms with Gasteiger partial charge in [-0.25, -0.2) is 18.2 Å². The van der Waals surface area contributed by atoms with Crippen molar-refractivity contribution in [1.29, 1.82) is 0 Å². The third kappa shape index (κ3) is 4.96. The van der Waals surface area contributed by atoms with Crippen LogP contribution in [0.15, 0.2) is 48.7 Å². The van der Waals surface area contributed by atoms with Gasteiger partial charge in [0.1, 0.15) is 12.2 Å². The highest BCUT2D eigenvalue weighted by Crippen LogP contribution is 2.29. The number of benzene rings is 1. The minimum absolute atomic E-state index is 0.0712. The Bertz CT molecular complexity index is 1110. The summed E-state index contributed by atoms with van der Waals surface area (Å²) < 4.78 is 41.7. The van der Waals surface area contributed by atoms with E-state index >= 15 is 0 Å². The summed E-state index contributed by atoms with van der Waals surface area (Å²) in [4.78, 5) is 17.6. The zero-order valence-electron chi connectivity index (χ0n) is 18.2. The minimum atomic E-state index is -3.07. The van der Waals surface area contributed by atoms with E-state index in [4.69, 9.17) is 11.6 Å². The molecular formula is C23H24ClF3N4O. The van der Waals surface area contributed by atoms with Crippen LogP contribution in [0, 0.1) is 0 Å². The highest BCUT2D eigenvalue weighted by atomic mass is 35.5. The van der Waals surface area contributed by atoms with Crippen molar-refractivity contribution in [3.05, 3.63) is 59.2 Å². The first-order valence-electron chi connectivity index (χ1n) is 9.94. The van der Waals surface area contributed by atoms with Gasteiger partial charge >= 0.3 is 0 Å². The summed E-state index contributed by atoms with van der Waals surface area (Å²) >= 11 is 5.98. The molecule has 5 nitrogen and oxygen atoms in total. The number of rotatable bonds is 6. The Morgan fingerprint density at radius 1 is 1.09 bits per heavy atom. The summed E-state index contributed by atoms with van der Waals surface area (Å²) in [5, 5.41) is 7.02. The summed E-state index contributed by atoms with van der Waals surface area (Å²) in [5.74, 6) is -0.828. The van der Waals surface area contributed by atoms with Crippen LogP contribution >= 0.6 is 11.6 Å². The maximum Gasteiger partial charge on any atom is 0.263 e. The van der Waals surface area contributed by atoms with E-state index in [2.05, 4.69) is 15.4 Å². The van der Waals surface area contributed by atoms with Crippen molar-refractivity contribution in [3.63, 3.8) is 0 Å². The Morgan fingerprint density at radius 2 is 1.72 bits per heavy atom. The molecule has 0 bridgehead atoms. The summed E-state index contributed by atoms with van der Waals surface area (Å²) in [6, 6.07) is 11.6. The molecule has 1 N–H and O–H groups in total. The second-order valence-electron chi connectivity index (χ2n) is 8.74. The van der Waals surface area contributed by atoms with Gasteiger partial charge in [-0.2, -0.15) is 5.10 Å². The van der Waals surface area contributed by atoms with E-state index in [1.807, 2.05) is 20.8 Å². The number of nitrogens with zero attached hydrogens (tertiary/aromatic N) is 3. The van der Waals surface area contributed by atoms with Crippen molar-refractivity contribution in [2.45, 2.75) is 45.2 Å². The molecule has 0 aliphatic carbocycles. The number of aromatic nitrogens is 3. The first-order chi connectivity index (χ1) is 14.9. The molecule has 0 aliphatic rings. The lowest BCUT2D eigenvalue weighted by atomic mass is 10.0. The van der Waals surface area contributed by atoms with Crippen molar-refractivity contribution in [2.24, 2.45) is 0 Å². The molecule has 0 saturated carbocycles.